The van der Waals surface area contributed by atoms with E-state index in [0.29, 0.717) is 35.3 Å². The number of hydrogen-bond acceptors (Lipinski definition) is 4. The first-order chi connectivity index (χ1) is 14.5. The molecular weight excluding hydrogens is 425 g/mol. The number of nitrogens with zero attached hydrogens (tertiary/aromatic N) is 2. The minimum absolute atomic E-state index is 0.132. The Morgan fingerprint density at radius 3 is 2.63 bits per heavy atom. The highest BCUT2D eigenvalue weighted by Gasteiger charge is 2.34. The minimum atomic E-state index is -0.358. The highest BCUT2D eigenvalue weighted by Crippen LogP contribution is 2.34. The molecule has 1 fully saturated rings. The van der Waals surface area contributed by atoms with Gasteiger partial charge in [0.05, 0.1) is 22.3 Å². The minimum Gasteiger partial charge on any atom is -0.381 e. The zero-order valence-electron chi connectivity index (χ0n) is 16.2. The van der Waals surface area contributed by atoms with Gasteiger partial charge in [-0.1, -0.05) is 53.5 Å². The van der Waals surface area contributed by atoms with Crippen molar-refractivity contribution in [3.8, 4) is 0 Å². The Kier molecular flexibility index (Phi) is 6.09. The van der Waals surface area contributed by atoms with Crippen LogP contribution in [0.4, 0.5) is 0 Å². The van der Waals surface area contributed by atoms with Gasteiger partial charge in [-0.2, -0.15) is 0 Å². The van der Waals surface area contributed by atoms with Crippen molar-refractivity contribution in [2.45, 2.75) is 24.8 Å². The van der Waals surface area contributed by atoms with Crippen LogP contribution in [0.15, 0.2) is 53.6 Å². The van der Waals surface area contributed by atoms with Crippen molar-refractivity contribution < 1.29 is 9.53 Å². The van der Waals surface area contributed by atoms with E-state index in [1.165, 1.54) is 28.6 Å². The van der Waals surface area contributed by atoms with Crippen molar-refractivity contribution in [1.29, 1.82) is 0 Å². The van der Waals surface area contributed by atoms with Crippen molar-refractivity contribution in [2.75, 3.05) is 19.8 Å². The van der Waals surface area contributed by atoms with Gasteiger partial charge in [0.15, 0.2) is 0 Å². The number of amides is 1. The van der Waals surface area contributed by atoms with Gasteiger partial charge in [0.2, 0.25) is 5.91 Å². The number of ether oxygens (including phenoxy) is 1. The van der Waals surface area contributed by atoms with Gasteiger partial charge < -0.3 is 10.1 Å². The Morgan fingerprint density at radius 2 is 1.90 bits per heavy atom. The summed E-state index contributed by atoms with van der Waals surface area (Å²) in [7, 11) is 0. The van der Waals surface area contributed by atoms with Crippen molar-refractivity contribution >= 4 is 40.0 Å². The fourth-order valence-electron chi connectivity index (χ4n) is 3.91. The van der Waals surface area contributed by atoms with Gasteiger partial charge in [0.1, 0.15) is 6.54 Å². The van der Waals surface area contributed by atoms with Crippen LogP contribution in [0, 0.1) is 0 Å². The SMILES string of the molecule is O=C(Cn1cnc2c(Cl)cc(Cl)cc2c1=O)NCC1(c2ccccc2)CCOCC1. The Balaban J connectivity index is 1.52. The Labute approximate surface area is 183 Å². The van der Waals surface area contributed by atoms with Crippen LogP contribution in [-0.4, -0.2) is 35.2 Å². The first-order valence-electron chi connectivity index (χ1n) is 9.73. The molecule has 4 rings (SSSR count). The van der Waals surface area contributed by atoms with Gasteiger partial charge in [-0.05, 0) is 30.5 Å². The van der Waals surface area contributed by atoms with Crippen LogP contribution in [0.25, 0.3) is 10.9 Å². The lowest BCUT2D eigenvalue weighted by Crippen LogP contribution is -2.45. The quantitative estimate of drug-likeness (QED) is 0.651. The number of carbonyl (C=O) groups is 1. The van der Waals surface area contributed by atoms with Crippen LogP contribution in [0.2, 0.25) is 10.0 Å². The molecule has 0 spiro atoms. The summed E-state index contributed by atoms with van der Waals surface area (Å²) in [5, 5.41) is 3.94. The van der Waals surface area contributed by atoms with E-state index in [0.717, 1.165) is 12.8 Å². The van der Waals surface area contributed by atoms with Crippen LogP contribution in [-0.2, 0) is 21.5 Å². The number of rotatable bonds is 5. The molecule has 3 aromatic rings. The summed E-state index contributed by atoms with van der Waals surface area (Å²) in [5.74, 6) is -0.256. The maximum atomic E-state index is 12.8. The van der Waals surface area contributed by atoms with E-state index in [-0.39, 0.29) is 28.8 Å². The monoisotopic (exact) mass is 445 g/mol. The second-order valence-corrected chi connectivity index (χ2v) is 8.34. The average Bonchev–Trinajstić information content (AvgIpc) is 2.76. The number of halogens is 2. The molecule has 0 atom stereocenters. The van der Waals surface area contributed by atoms with E-state index >= 15 is 0 Å². The number of nitrogens with one attached hydrogen (secondary N) is 1. The molecule has 2 heterocycles. The molecule has 1 N–H and O–H groups in total. The molecule has 0 unspecified atom stereocenters. The third-order valence-electron chi connectivity index (χ3n) is 5.62. The third-order valence-corrected chi connectivity index (χ3v) is 6.13. The lowest BCUT2D eigenvalue weighted by atomic mass is 9.74. The van der Waals surface area contributed by atoms with Gasteiger partial charge in [-0.3, -0.25) is 14.2 Å². The molecule has 6 nitrogen and oxygen atoms in total. The van der Waals surface area contributed by atoms with Crippen LogP contribution in [0.5, 0.6) is 0 Å². The molecule has 2 aromatic carbocycles. The highest BCUT2D eigenvalue weighted by atomic mass is 35.5. The molecule has 1 aliphatic rings. The van der Waals surface area contributed by atoms with E-state index in [9.17, 15) is 9.59 Å². The molecular formula is C22H21Cl2N3O3. The summed E-state index contributed by atoms with van der Waals surface area (Å²) in [6.07, 6.45) is 2.99. The van der Waals surface area contributed by atoms with E-state index < -0.39 is 0 Å². The normalized spacial score (nSPS) is 15.8. The number of aromatic nitrogens is 2. The molecule has 0 bridgehead atoms. The van der Waals surface area contributed by atoms with Gasteiger partial charge in [-0.15, -0.1) is 0 Å². The van der Waals surface area contributed by atoms with E-state index in [2.05, 4.69) is 22.4 Å². The largest absolute Gasteiger partial charge is 0.381 e. The second-order valence-electron chi connectivity index (χ2n) is 7.50. The third kappa shape index (κ3) is 4.21. The second kappa shape index (κ2) is 8.76. The van der Waals surface area contributed by atoms with Crippen LogP contribution >= 0.6 is 23.2 Å². The molecule has 1 aliphatic heterocycles. The Hall–Kier alpha value is -2.41. The predicted molar refractivity (Wildman–Crippen MR) is 117 cm³/mol. The number of carbonyl (C=O) groups excluding carboxylic acids is 1. The first kappa shape index (κ1) is 20.8. The molecule has 30 heavy (non-hydrogen) atoms. The topological polar surface area (TPSA) is 73.2 Å². The fraction of sp³-hybridized carbons (Fsp3) is 0.318. The first-order valence-corrected chi connectivity index (χ1v) is 10.5. The smallest absolute Gasteiger partial charge is 0.261 e. The van der Waals surface area contributed by atoms with Crippen LogP contribution in [0.3, 0.4) is 0 Å². The van der Waals surface area contributed by atoms with Crippen molar-refractivity contribution in [3.63, 3.8) is 0 Å². The van der Waals surface area contributed by atoms with Crippen molar-refractivity contribution in [1.82, 2.24) is 14.9 Å². The van der Waals surface area contributed by atoms with Gasteiger partial charge >= 0.3 is 0 Å². The molecule has 1 amide bonds. The summed E-state index contributed by atoms with van der Waals surface area (Å²) in [5.41, 5.74) is 1.02. The zero-order chi connectivity index (χ0) is 21.1. The molecule has 1 saturated heterocycles. The predicted octanol–water partition coefficient (Wildman–Crippen LogP) is 3.57. The van der Waals surface area contributed by atoms with E-state index in [4.69, 9.17) is 27.9 Å². The molecule has 8 heteroatoms. The lowest BCUT2D eigenvalue weighted by molar-refractivity contribution is -0.122. The molecule has 0 aliphatic carbocycles. The number of hydrogen-bond donors (Lipinski definition) is 1. The molecule has 156 valence electrons. The summed E-state index contributed by atoms with van der Waals surface area (Å²) in [4.78, 5) is 29.7. The van der Waals surface area contributed by atoms with E-state index in [1.54, 1.807) is 0 Å². The lowest BCUT2D eigenvalue weighted by Gasteiger charge is -2.38. The maximum absolute atomic E-state index is 12.8. The van der Waals surface area contributed by atoms with E-state index in [1.807, 2.05) is 18.2 Å². The summed E-state index contributed by atoms with van der Waals surface area (Å²) in [6, 6.07) is 13.2. The van der Waals surface area contributed by atoms with Gasteiger partial charge in [0.25, 0.3) is 5.56 Å². The Morgan fingerprint density at radius 1 is 1.17 bits per heavy atom. The van der Waals surface area contributed by atoms with Crippen molar-refractivity contribution in [2.24, 2.45) is 0 Å². The maximum Gasteiger partial charge on any atom is 0.261 e. The highest BCUT2D eigenvalue weighted by molar-refractivity contribution is 6.38. The summed E-state index contributed by atoms with van der Waals surface area (Å²) >= 11 is 12.1. The van der Waals surface area contributed by atoms with Crippen LogP contribution < -0.4 is 10.9 Å². The molecule has 0 radical (unpaired) electrons. The molecule has 0 saturated carbocycles. The summed E-state index contributed by atoms with van der Waals surface area (Å²) < 4.78 is 6.80. The van der Waals surface area contributed by atoms with Crippen LogP contribution in [0.1, 0.15) is 18.4 Å². The molecule has 1 aromatic heterocycles. The standard InChI is InChI=1S/C22H21Cl2N3O3/c23-16-10-17-20(18(24)11-16)26-14-27(21(17)29)12-19(28)25-13-22(6-8-30-9-7-22)15-4-2-1-3-5-15/h1-5,10-11,14H,6-9,12-13H2,(H,25,28). The van der Waals surface area contributed by atoms with Gasteiger partial charge in [0, 0.05) is 30.2 Å². The van der Waals surface area contributed by atoms with Gasteiger partial charge in [-0.25, -0.2) is 4.98 Å². The Bertz CT molecular complexity index is 1130. The number of fused-ring (bicyclic) bond motifs is 1. The summed E-state index contributed by atoms with van der Waals surface area (Å²) in [6.45, 7) is 1.65. The average molecular weight is 446 g/mol. The van der Waals surface area contributed by atoms with Crippen molar-refractivity contribution in [3.05, 3.63) is 74.8 Å². The zero-order valence-corrected chi connectivity index (χ0v) is 17.7. The number of benzene rings is 2. The fourth-order valence-corrected chi connectivity index (χ4v) is 4.45.